The van der Waals surface area contributed by atoms with Gasteiger partial charge in [0, 0.05) is 52.3 Å². The van der Waals surface area contributed by atoms with Gasteiger partial charge in [-0.1, -0.05) is 71.7 Å². The second-order valence-electron chi connectivity index (χ2n) is 8.40. The van der Waals surface area contributed by atoms with Crippen molar-refractivity contribution in [2.75, 3.05) is 13.1 Å². The third-order valence-electron chi connectivity index (χ3n) is 5.88. The van der Waals surface area contributed by atoms with E-state index in [1.807, 2.05) is 72.8 Å². The summed E-state index contributed by atoms with van der Waals surface area (Å²) in [5.41, 5.74) is 5.86. The Bertz CT molecular complexity index is 1420. The summed E-state index contributed by atoms with van der Waals surface area (Å²) >= 11 is 12.4. The molecule has 4 aromatic carbocycles. The quantitative estimate of drug-likeness (QED) is 0.234. The summed E-state index contributed by atoms with van der Waals surface area (Å²) in [5.74, 6) is 1.01. The van der Waals surface area contributed by atoms with Crippen molar-refractivity contribution in [2.45, 2.75) is 6.54 Å². The van der Waals surface area contributed by atoms with Crippen LogP contribution in [0.2, 0.25) is 10.0 Å². The number of hydrogen-bond acceptors (Lipinski definition) is 4. The summed E-state index contributed by atoms with van der Waals surface area (Å²) in [7, 11) is 0. The first kappa shape index (κ1) is 24.0. The number of halogens is 2. The number of hydrogen-bond donors (Lipinski definition) is 0. The van der Waals surface area contributed by atoms with Crippen molar-refractivity contribution < 1.29 is 0 Å². The lowest BCUT2D eigenvalue weighted by Gasteiger charge is -2.20. The van der Waals surface area contributed by atoms with Gasteiger partial charge in [0.15, 0.2) is 0 Å². The van der Waals surface area contributed by atoms with E-state index >= 15 is 0 Å². The molecule has 0 atom stereocenters. The molecule has 6 heteroatoms. The number of benzene rings is 4. The monoisotopic (exact) mass is 510 g/mol. The van der Waals surface area contributed by atoms with Gasteiger partial charge < -0.3 is 4.90 Å². The van der Waals surface area contributed by atoms with Crippen LogP contribution in [0.4, 0.5) is 11.4 Å². The van der Waals surface area contributed by atoms with Crippen LogP contribution in [-0.4, -0.2) is 36.3 Å². The first-order valence-corrected chi connectivity index (χ1v) is 12.5. The molecule has 0 fully saturated rings. The van der Waals surface area contributed by atoms with E-state index in [1.165, 1.54) is 5.56 Å². The lowest BCUT2D eigenvalue weighted by atomic mass is 10.1. The van der Waals surface area contributed by atoms with E-state index < -0.39 is 0 Å². The Morgan fingerprint density at radius 1 is 0.694 bits per heavy atom. The van der Waals surface area contributed by atoms with Crippen LogP contribution in [0.15, 0.2) is 112 Å². The van der Waals surface area contributed by atoms with Crippen molar-refractivity contribution in [1.82, 2.24) is 4.90 Å². The van der Waals surface area contributed by atoms with Gasteiger partial charge in [-0.3, -0.25) is 15.0 Å². The summed E-state index contributed by atoms with van der Waals surface area (Å²) in [6.07, 6.45) is 3.59. The van der Waals surface area contributed by atoms with Crippen LogP contribution >= 0.6 is 23.2 Å². The molecule has 0 spiro atoms. The smallest absolute Gasteiger partial charge is 0.131 e. The summed E-state index contributed by atoms with van der Waals surface area (Å²) in [5, 5.41) is 1.38. The predicted molar refractivity (Wildman–Crippen MR) is 152 cm³/mol. The molecule has 0 amide bonds. The van der Waals surface area contributed by atoms with Crippen LogP contribution in [0.5, 0.6) is 0 Å². The maximum absolute atomic E-state index is 6.22. The zero-order valence-corrected chi connectivity index (χ0v) is 21.1. The highest BCUT2D eigenvalue weighted by Gasteiger charge is 2.18. The number of amidine groups is 1. The maximum atomic E-state index is 6.22. The van der Waals surface area contributed by atoms with Gasteiger partial charge in [0.05, 0.1) is 17.9 Å². The number of aliphatic imine (C=N–C) groups is 3. The SMILES string of the molecule is Clc1ccccc1C=Nc1ccc(CN2CCN=C2c2ccc(N=Cc3ccccc3Cl)cc2)cc1. The summed E-state index contributed by atoms with van der Waals surface area (Å²) in [6.45, 7) is 2.48. The second kappa shape index (κ2) is 11.3. The van der Waals surface area contributed by atoms with Crippen LogP contribution < -0.4 is 0 Å². The molecule has 0 saturated carbocycles. The number of nitrogens with zero attached hydrogens (tertiary/aromatic N) is 4. The van der Waals surface area contributed by atoms with Crippen molar-refractivity contribution in [3.8, 4) is 0 Å². The molecule has 0 saturated heterocycles. The van der Waals surface area contributed by atoms with Crippen LogP contribution in [0, 0.1) is 0 Å². The van der Waals surface area contributed by atoms with Crippen molar-refractivity contribution >= 4 is 52.8 Å². The average molecular weight is 511 g/mol. The van der Waals surface area contributed by atoms with Crippen LogP contribution in [0.25, 0.3) is 0 Å². The molecule has 0 radical (unpaired) electrons. The van der Waals surface area contributed by atoms with Gasteiger partial charge in [-0.15, -0.1) is 0 Å². The van der Waals surface area contributed by atoms with Gasteiger partial charge in [-0.2, -0.15) is 0 Å². The van der Waals surface area contributed by atoms with Gasteiger partial charge in [0.25, 0.3) is 0 Å². The molecular weight excluding hydrogens is 487 g/mol. The summed E-state index contributed by atoms with van der Waals surface area (Å²) < 4.78 is 0. The van der Waals surface area contributed by atoms with Crippen molar-refractivity contribution in [2.24, 2.45) is 15.0 Å². The topological polar surface area (TPSA) is 40.3 Å². The second-order valence-corrected chi connectivity index (χ2v) is 9.21. The van der Waals surface area contributed by atoms with Crippen molar-refractivity contribution in [1.29, 1.82) is 0 Å². The Labute approximate surface area is 221 Å². The Hall–Kier alpha value is -3.73. The molecule has 0 N–H and O–H groups in total. The Kier molecular flexibility index (Phi) is 7.55. The first-order valence-electron chi connectivity index (χ1n) is 11.7. The summed E-state index contributed by atoms with van der Waals surface area (Å²) in [6, 6.07) is 31.8. The molecule has 36 heavy (non-hydrogen) atoms. The van der Waals surface area contributed by atoms with Gasteiger partial charge in [-0.05, 0) is 54.1 Å². The molecule has 0 aliphatic carbocycles. The Balaban J connectivity index is 1.23. The minimum absolute atomic E-state index is 0.689. The molecule has 0 unspecified atom stereocenters. The molecule has 1 heterocycles. The molecule has 5 rings (SSSR count). The standard InChI is InChI=1S/C30H24Cl2N4/c31-28-7-3-1-5-24(28)19-34-26-13-9-22(10-14-26)21-36-18-17-33-30(36)23-11-15-27(16-12-23)35-20-25-6-2-4-8-29(25)32/h1-16,19-20H,17-18,21H2. The minimum atomic E-state index is 0.689. The fourth-order valence-electron chi connectivity index (χ4n) is 3.96. The minimum Gasteiger partial charge on any atom is -0.350 e. The van der Waals surface area contributed by atoms with Gasteiger partial charge in [0.2, 0.25) is 0 Å². The fraction of sp³-hybridized carbons (Fsp3) is 0.100. The molecule has 0 aromatic heterocycles. The van der Waals surface area contributed by atoms with Gasteiger partial charge in [-0.25, -0.2) is 0 Å². The maximum Gasteiger partial charge on any atom is 0.131 e. The van der Waals surface area contributed by atoms with Gasteiger partial charge in [0.1, 0.15) is 5.84 Å². The normalized spacial score (nSPS) is 13.6. The van der Waals surface area contributed by atoms with Gasteiger partial charge >= 0.3 is 0 Å². The van der Waals surface area contributed by atoms with E-state index in [0.29, 0.717) is 10.0 Å². The predicted octanol–water partition coefficient (Wildman–Crippen LogP) is 7.76. The molecule has 4 aromatic rings. The van der Waals surface area contributed by atoms with E-state index in [4.69, 9.17) is 28.2 Å². The van der Waals surface area contributed by atoms with E-state index in [1.54, 1.807) is 12.4 Å². The molecule has 1 aliphatic rings. The Morgan fingerprint density at radius 2 is 1.22 bits per heavy atom. The zero-order valence-electron chi connectivity index (χ0n) is 19.6. The highest BCUT2D eigenvalue weighted by atomic mass is 35.5. The average Bonchev–Trinajstić information content (AvgIpc) is 3.37. The lowest BCUT2D eigenvalue weighted by molar-refractivity contribution is 0.453. The van der Waals surface area contributed by atoms with Crippen LogP contribution in [0.3, 0.4) is 0 Å². The summed E-state index contributed by atoms with van der Waals surface area (Å²) in [4.78, 5) is 16.2. The van der Waals surface area contributed by atoms with E-state index in [-0.39, 0.29) is 0 Å². The van der Waals surface area contributed by atoms with Crippen LogP contribution in [-0.2, 0) is 6.54 Å². The fourth-order valence-corrected chi connectivity index (χ4v) is 4.33. The largest absolute Gasteiger partial charge is 0.350 e. The van der Waals surface area contributed by atoms with Crippen molar-refractivity contribution in [3.05, 3.63) is 129 Å². The molecule has 4 nitrogen and oxygen atoms in total. The van der Waals surface area contributed by atoms with E-state index in [9.17, 15) is 0 Å². The Morgan fingerprint density at radius 3 is 1.78 bits per heavy atom. The molecular formula is C30H24Cl2N4. The molecule has 0 bridgehead atoms. The zero-order chi connectivity index (χ0) is 24.7. The molecule has 178 valence electrons. The lowest BCUT2D eigenvalue weighted by Crippen LogP contribution is -2.27. The van der Waals surface area contributed by atoms with E-state index in [0.717, 1.165) is 53.5 Å². The van der Waals surface area contributed by atoms with E-state index in [2.05, 4.69) is 39.2 Å². The number of rotatable bonds is 7. The third-order valence-corrected chi connectivity index (χ3v) is 6.57. The van der Waals surface area contributed by atoms with Crippen LogP contribution in [0.1, 0.15) is 22.3 Å². The highest BCUT2D eigenvalue weighted by Crippen LogP contribution is 2.21. The van der Waals surface area contributed by atoms with Crippen molar-refractivity contribution in [3.63, 3.8) is 0 Å². The molecule has 1 aliphatic heterocycles. The first-order chi connectivity index (χ1) is 17.7. The third kappa shape index (κ3) is 5.91. The highest BCUT2D eigenvalue weighted by molar-refractivity contribution is 6.33.